The molecule has 0 amide bonds. The molecule has 3 rings (SSSR count). The van der Waals surface area contributed by atoms with Gasteiger partial charge >= 0.3 is 0 Å². The van der Waals surface area contributed by atoms with E-state index in [9.17, 15) is 4.79 Å². The van der Waals surface area contributed by atoms with Crippen LogP contribution in [0.4, 0.5) is 0 Å². The van der Waals surface area contributed by atoms with E-state index in [4.69, 9.17) is 0 Å². The van der Waals surface area contributed by atoms with Crippen molar-refractivity contribution in [1.82, 2.24) is 4.98 Å². The smallest absolute Gasteiger partial charge is 0.167 e. The molecule has 2 nitrogen and oxygen atoms in total. The Kier molecular flexibility index (Phi) is 4.52. The molecule has 1 heterocycles. The first-order valence-electron chi connectivity index (χ1n) is 8.15. The molecule has 0 fully saturated rings. The number of hydrogen-bond donors (Lipinski definition) is 0. The van der Waals surface area contributed by atoms with Crippen molar-refractivity contribution in [1.29, 1.82) is 0 Å². The Bertz CT molecular complexity index is 834. The van der Waals surface area contributed by atoms with Crippen LogP contribution in [-0.4, -0.2) is 10.8 Å². The Hall–Kier alpha value is -2.48. The van der Waals surface area contributed by atoms with Gasteiger partial charge in [0.1, 0.15) is 0 Å². The lowest BCUT2D eigenvalue weighted by atomic mass is 9.99. The van der Waals surface area contributed by atoms with E-state index < -0.39 is 0 Å². The molecule has 0 saturated carbocycles. The van der Waals surface area contributed by atoms with Crippen molar-refractivity contribution < 1.29 is 4.79 Å². The van der Waals surface area contributed by atoms with Crippen molar-refractivity contribution in [2.75, 3.05) is 0 Å². The molecule has 0 N–H and O–H groups in total. The third-order valence-electron chi connectivity index (χ3n) is 4.11. The number of aromatic nitrogens is 1. The van der Waals surface area contributed by atoms with Crippen LogP contribution in [0.25, 0.3) is 10.9 Å². The van der Waals surface area contributed by atoms with Crippen LogP contribution < -0.4 is 0 Å². The topological polar surface area (TPSA) is 30.0 Å². The maximum absolute atomic E-state index is 12.6. The molecule has 3 aromatic rings. The third-order valence-corrected chi connectivity index (χ3v) is 4.11. The summed E-state index contributed by atoms with van der Waals surface area (Å²) in [5.41, 5.74) is 4.96. The molecule has 0 aliphatic heterocycles. The number of carbonyl (C=O) groups excluding carboxylic acids is 1. The fraction of sp³-hybridized carbons (Fsp3) is 0.238. The fourth-order valence-corrected chi connectivity index (χ4v) is 2.87. The van der Waals surface area contributed by atoms with Gasteiger partial charge < -0.3 is 0 Å². The number of pyridine rings is 1. The normalized spacial score (nSPS) is 10.9. The van der Waals surface area contributed by atoms with E-state index in [-0.39, 0.29) is 5.78 Å². The summed E-state index contributed by atoms with van der Waals surface area (Å²) in [5.74, 6) is 0.142. The number of benzene rings is 2. The van der Waals surface area contributed by atoms with Crippen molar-refractivity contribution in [3.05, 3.63) is 77.0 Å². The summed E-state index contributed by atoms with van der Waals surface area (Å²) in [7, 11) is 0. The van der Waals surface area contributed by atoms with Crippen LogP contribution >= 0.6 is 0 Å². The van der Waals surface area contributed by atoms with Gasteiger partial charge in [-0.3, -0.25) is 9.78 Å². The summed E-state index contributed by atoms with van der Waals surface area (Å²) in [6.07, 6.45) is 2.57. The molecule has 0 aliphatic carbocycles. The van der Waals surface area contributed by atoms with E-state index >= 15 is 0 Å². The number of hydrogen-bond acceptors (Lipinski definition) is 2. The van der Waals surface area contributed by atoms with Crippen LogP contribution in [0, 0.1) is 6.92 Å². The highest BCUT2D eigenvalue weighted by atomic mass is 16.1. The molecule has 1 aromatic heterocycles. The first-order valence-corrected chi connectivity index (χ1v) is 8.15. The van der Waals surface area contributed by atoms with Gasteiger partial charge in [-0.15, -0.1) is 0 Å². The summed E-state index contributed by atoms with van der Waals surface area (Å²) in [4.78, 5) is 17.2. The van der Waals surface area contributed by atoms with Gasteiger partial charge in [0.05, 0.1) is 5.52 Å². The number of rotatable bonds is 5. The van der Waals surface area contributed by atoms with Crippen LogP contribution in [0.2, 0.25) is 0 Å². The highest BCUT2D eigenvalue weighted by Gasteiger charge is 2.10. The third kappa shape index (κ3) is 3.48. The van der Waals surface area contributed by atoms with Crippen LogP contribution in [0.3, 0.4) is 0 Å². The molecular weight excluding hydrogens is 282 g/mol. The molecule has 0 bridgehead atoms. The molecule has 2 heteroatoms. The molecular formula is C21H21NO. The Balaban J connectivity index is 1.86. The van der Waals surface area contributed by atoms with Gasteiger partial charge in [-0.05, 0) is 30.5 Å². The van der Waals surface area contributed by atoms with E-state index in [1.165, 1.54) is 5.56 Å². The monoisotopic (exact) mass is 303 g/mol. The second-order valence-corrected chi connectivity index (χ2v) is 5.99. The minimum absolute atomic E-state index is 0.142. The summed E-state index contributed by atoms with van der Waals surface area (Å²) < 4.78 is 0. The van der Waals surface area contributed by atoms with Gasteiger partial charge in [0.25, 0.3) is 0 Å². The largest absolute Gasteiger partial charge is 0.294 e. The molecule has 0 atom stereocenters. The Morgan fingerprint density at radius 1 is 1.00 bits per heavy atom. The van der Waals surface area contributed by atoms with E-state index in [0.29, 0.717) is 6.42 Å². The maximum Gasteiger partial charge on any atom is 0.167 e. The van der Waals surface area contributed by atoms with Crippen LogP contribution in [0.1, 0.15) is 40.5 Å². The van der Waals surface area contributed by atoms with Gasteiger partial charge in [0, 0.05) is 23.1 Å². The molecule has 0 aliphatic rings. The first-order chi connectivity index (χ1) is 11.2. The number of fused-ring (bicyclic) bond motifs is 1. The minimum Gasteiger partial charge on any atom is -0.294 e. The fourth-order valence-electron chi connectivity index (χ4n) is 2.87. The van der Waals surface area contributed by atoms with E-state index in [1.807, 2.05) is 43.3 Å². The quantitative estimate of drug-likeness (QED) is 0.626. The highest BCUT2D eigenvalue weighted by molar-refractivity contribution is 5.99. The number of nitrogens with zero attached hydrogens (tertiary/aromatic N) is 1. The zero-order valence-electron chi connectivity index (χ0n) is 13.7. The standard InChI is InChI=1S/C21H21NO/c1-3-5-16-9-12-17(13-10-16)20(23)14-19-7-4-6-18-11-8-15(2)22-21(18)19/h4,6-13H,3,5,14H2,1-2H3. The van der Waals surface area contributed by atoms with Gasteiger partial charge in [-0.1, -0.05) is 61.9 Å². The van der Waals surface area contributed by atoms with E-state index in [2.05, 4.69) is 30.1 Å². The van der Waals surface area contributed by atoms with Gasteiger partial charge in [0.15, 0.2) is 5.78 Å². The average Bonchev–Trinajstić information content (AvgIpc) is 2.56. The molecule has 0 radical (unpaired) electrons. The number of Topliss-reactive ketones (excluding diaryl/α,β-unsaturated/α-hetero) is 1. The number of carbonyl (C=O) groups is 1. The molecule has 0 spiro atoms. The highest BCUT2D eigenvalue weighted by Crippen LogP contribution is 2.19. The number of para-hydroxylation sites is 1. The number of aryl methyl sites for hydroxylation is 2. The predicted octanol–water partition coefficient (Wildman–Crippen LogP) is 4.92. The van der Waals surface area contributed by atoms with E-state index in [0.717, 1.165) is 40.6 Å². The molecule has 0 unspecified atom stereocenters. The van der Waals surface area contributed by atoms with Gasteiger partial charge in [-0.2, -0.15) is 0 Å². The van der Waals surface area contributed by atoms with Gasteiger partial charge in [0.2, 0.25) is 0 Å². The summed E-state index contributed by atoms with van der Waals surface area (Å²) in [6.45, 7) is 4.14. The zero-order valence-corrected chi connectivity index (χ0v) is 13.7. The Labute approximate surface area is 137 Å². The lowest BCUT2D eigenvalue weighted by Gasteiger charge is -2.07. The zero-order chi connectivity index (χ0) is 16.2. The van der Waals surface area contributed by atoms with Crippen LogP contribution in [-0.2, 0) is 12.8 Å². The van der Waals surface area contributed by atoms with Crippen molar-refractivity contribution in [2.45, 2.75) is 33.1 Å². The molecule has 2 aromatic carbocycles. The van der Waals surface area contributed by atoms with Crippen LogP contribution in [0.15, 0.2) is 54.6 Å². The van der Waals surface area contributed by atoms with Crippen LogP contribution in [0.5, 0.6) is 0 Å². The molecule has 116 valence electrons. The lowest BCUT2D eigenvalue weighted by molar-refractivity contribution is 0.0993. The van der Waals surface area contributed by atoms with E-state index in [1.54, 1.807) is 0 Å². The maximum atomic E-state index is 12.6. The SMILES string of the molecule is CCCc1ccc(C(=O)Cc2cccc3ccc(C)nc23)cc1. The summed E-state index contributed by atoms with van der Waals surface area (Å²) >= 11 is 0. The molecule has 0 saturated heterocycles. The predicted molar refractivity (Wildman–Crippen MR) is 95.0 cm³/mol. The van der Waals surface area contributed by atoms with Crippen molar-refractivity contribution in [3.63, 3.8) is 0 Å². The second-order valence-electron chi connectivity index (χ2n) is 5.99. The van der Waals surface area contributed by atoms with Gasteiger partial charge in [-0.25, -0.2) is 0 Å². The van der Waals surface area contributed by atoms with Crippen molar-refractivity contribution in [3.8, 4) is 0 Å². The summed E-state index contributed by atoms with van der Waals surface area (Å²) in [5, 5.41) is 1.08. The molecule has 23 heavy (non-hydrogen) atoms. The first kappa shape index (κ1) is 15.4. The Morgan fingerprint density at radius 2 is 1.78 bits per heavy atom. The second kappa shape index (κ2) is 6.74. The minimum atomic E-state index is 0.142. The van der Waals surface area contributed by atoms with Crippen molar-refractivity contribution >= 4 is 16.7 Å². The number of ketones is 1. The lowest BCUT2D eigenvalue weighted by Crippen LogP contribution is -2.05. The summed E-state index contributed by atoms with van der Waals surface area (Å²) in [6, 6.07) is 18.1. The Morgan fingerprint density at radius 3 is 2.52 bits per heavy atom. The average molecular weight is 303 g/mol. The van der Waals surface area contributed by atoms with Crippen molar-refractivity contribution in [2.24, 2.45) is 0 Å².